The van der Waals surface area contributed by atoms with Crippen LogP contribution in [-0.2, 0) is 0 Å². The monoisotopic (exact) mass is 285 g/mol. The lowest BCUT2D eigenvalue weighted by Crippen LogP contribution is -2.11. The van der Waals surface area contributed by atoms with Gasteiger partial charge in [0.25, 0.3) is 0 Å². The second-order valence-electron chi connectivity index (χ2n) is 5.62. The van der Waals surface area contributed by atoms with Crippen LogP contribution in [0.4, 0.5) is 5.69 Å². The fourth-order valence-electron chi connectivity index (χ4n) is 2.97. The molecule has 0 spiro atoms. The largest absolute Gasteiger partial charge is 0.195 e. The highest BCUT2D eigenvalue weighted by Crippen LogP contribution is 2.36. The Morgan fingerprint density at radius 1 is 1.20 bits per heavy atom. The van der Waals surface area contributed by atoms with E-state index in [1.165, 1.54) is 44.1 Å². The van der Waals surface area contributed by atoms with E-state index in [1.54, 1.807) is 0 Å². The molecule has 0 atom stereocenters. The Hall–Kier alpha value is -1.24. The molecule has 1 aromatic rings. The van der Waals surface area contributed by atoms with Gasteiger partial charge in [0, 0.05) is 0 Å². The summed E-state index contributed by atoms with van der Waals surface area (Å²) in [5, 5.41) is 2.41. The Morgan fingerprint density at radius 2 is 1.90 bits per heavy atom. The minimum atomic E-state index is 0.719. The number of aliphatic imine (C=N–C) groups is 1. The molecule has 1 saturated carbocycles. The van der Waals surface area contributed by atoms with Crippen LogP contribution in [0.3, 0.4) is 0 Å². The topological polar surface area (TPSA) is 12.4 Å². The minimum Gasteiger partial charge on any atom is -0.195 e. The number of hydrogen-bond acceptors (Lipinski definition) is 2. The van der Waals surface area contributed by atoms with Crippen molar-refractivity contribution in [2.24, 2.45) is 10.9 Å². The Kier molecular flexibility index (Phi) is 6.17. The summed E-state index contributed by atoms with van der Waals surface area (Å²) in [6.07, 6.45) is 12.5. The van der Waals surface area contributed by atoms with E-state index in [1.807, 2.05) is 12.1 Å². The molecule has 2 heteroatoms. The Balaban J connectivity index is 1.88. The van der Waals surface area contributed by atoms with E-state index >= 15 is 0 Å². The van der Waals surface area contributed by atoms with Gasteiger partial charge < -0.3 is 0 Å². The number of allylic oxidation sites excluding steroid dienone is 2. The quantitative estimate of drug-likeness (QED) is 0.364. The van der Waals surface area contributed by atoms with E-state index in [4.69, 9.17) is 0 Å². The van der Waals surface area contributed by atoms with Crippen molar-refractivity contribution in [2.45, 2.75) is 51.4 Å². The van der Waals surface area contributed by atoms with Crippen molar-refractivity contribution in [2.75, 3.05) is 0 Å². The smallest absolute Gasteiger partial charge is 0.0739 e. The third kappa shape index (κ3) is 4.40. The number of unbranched alkanes of at least 4 members (excludes halogenated alkanes) is 1. The molecular weight excluding hydrogens is 262 g/mol. The number of benzene rings is 1. The van der Waals surface area contributed by atoms with E-state index in [2.05, 4.69) is 53.6 Å². The van der Waals surface area contributed by atoms with Crippen LogP contribution in [0.25, 0.3) is 0 Å². The number of rotatable bonds is 5. The first-order valence-electron chi connectivity index (χ1n) is 7.68. The second kappa shape index (κ2) is 8.14. The van der Waals surface area contributed by atoms with Crippen molar-refractivity contribution >= 4 is 23.1 Å². The first-order chi connectivity index (χ1) is 9.83. The number of isothiocyanates is 1. The maximum absolute atomic E-state index is 4.63. The molecule has 0 heterocycles. The molecule has 106 valence electrons. The van der Waals surface area contributed by atoms with E-state index in [0.29, 0.717) is 0 Å². The summed E-state index contributed by atoms with van der Waals surface area (Å²) in [7, 11) is 0. The van der Waals surface area contributed by atoms with Crippen LogP contribution in [0.1, 0.15) is 56.9 Å². The van der Waals surface area contributed by atoms with Crippen molar-refractivity contribution in [1.29, 1.82) is 0 Å². The Morgan fingerprint density at radius 3 is 2.50 bits per heavy atom. The molecule has 0 saturated heterocycles. The molecule has 1 aromatic carbocycles. The summed E-state index contributed by atoms with van der Waals surface area (Å²) in [6.45, 7) is 2.23. The number of nitrogens with zero attached hydrogens (tertiary/aromatic N) is 1. The van der Waals surface area contributed by atoms with Crippen LogP contribution in [0.15, 0.2) is 41.4 Å². The molecule has 0 N–H and O–H groups in total. The SMILES string of the molecule is CCCC=CC1CCC(c2ccc(N=C=S)cc2)CC1. The van der Waals surface area contributed by atoms with Crippen molar-refractivity contribution in [1.82, 2.24) is 0 Å². The lowest BCUT2D eigenvalue weighted by atomic mass is 9.78. The van der Waals surface area contributed by atoms with Gasteiger partial charge in [-0.15, -0.1) is 0 Å². The highest BCUT2D eigenvalue weighted by atomic mass is 32.1. The van der Waals surface area contributed by atoms with Crippen LogP contribution in [-0.4, -0.2) is 5.16 Å². The Bertz CT molecular complexity index is 475. The van der Waals surface area contributed by atoms with Crippen molar-refractivity contribution in [3.8, 4) is 0 Å². The lowest BCUT2D eigenvalue weighted by Gasteiger charge is -2.27. The van der Waals surface area contributed by atoms with Gasteiger partial charge in [0.1, 0.15) is 0 Å². The molecule has 0 aromatic heterocycles. The highest BCUT2D eigenvalue weighted by molar-refractivity contribution is 7.78. The predicted molar refractivity (Wildman–Crippen MR) is 89.9 cm³/mol. The molecule has 1 nitrogen and oxygen atoms in total. The van der Waals surface area contributed by atoms with Gasteiger partial charge in [0.05, 0.1) is 10.8 Å². The third-order valence-corrected chi connectivity index (χ3v) is 4.27. The van der Waals surface area contributed by atoms with E-state index in [0.717, 1.165) is 17.5 Å². The van der Waals surface area contributed by atoms with Gasteiger partial charge in [0.15, 0.2) is 0 Å². The predicted octanol–water partition coefficient (Wildman–Crippen LogP) is 6.05. The summed E-state index contributed by atoms with van der Waals surface area (Å²) < 4.78 is 0. The molecule has 0 aliphatic heterocycles. The molecule has 2 rings (SSSR count). The van der Waals surface area contributed by atoms with Gasteiger partial charge in [-0.05, 0) is 73.9 Å². The Labute approximate surface area is 127 Å². The first-order valence-corrected chi connectivity index (χ1v) is 8.08. The molecule has 0 radical (unpaired) electrons. The third-order valence-electron chi connectivity index (χ3n) is 4.17. The second-order valence-corrected chi connectivity index (χ2v) is 5.81. The maximum atomic E-state index is 4.63. The molecule has 1 aliphatic rings. The molecule has 0 amide bonds. The van der Waals surface area contributed by atoms with E-state index < -0.39 is 0 Å². The molecule has 0 unspecified atom stereocenters. The zero-order chi connectivity index (χ0) is 14.2. The average Bonchev–Trinajstić information content (AvgIpc) is 2.49. The van der Waals surface area contributed by atoms with E-state index in [-0.39, 0.29) is 0 Å². The summed E-state index contributed by atoms with van der Waals surface area (Å²) in [5.41, 5.74) is 2.35. The van der Waals surface area contributed by atoms with Gasteiger partial charge in [-0.1, -0.05) is 37.6 Å². The summed E-state index contributed by atoms with van der Waals surface area (Å²) in [6, 6.07) is 8.48. The summed E-state index contributed by atoms with van der Waals surface area (Å²) in [4.78, 5) is 4.00. The van der Waals surface area contributed by atoms with Crippen LogP contribution >= 0.6 is 12.2 Å². The van der Waals surface area contributed by atoms with Crippen LogP contribution < -0.4 is 0 Å². The van der Waals surface area contributed by atoms with Gasteiger partial charge in [-0.2, -0.15) is 4.99 Å². The van der Waals surface area contributed by atoms with Crippen molar-refractivity contribution in [3.63, 3.8) is 0 Å². The highest BCUT2D eigenvalue weighted by Gasteiger charge is 2.20. The normalized spacial score (nSPS) is 22.6. The van der Waals surface area contributed by atoms with Gasteiger partial charge in [-0.3, -0.25) is 0 Å². The minimum absolute atomic E-state index is 0.719. The summed E-state index contributed by atoms with van der Waals surface area (Å²) >= 11 is 4.63. The zero-order valence-electron chi connectivity index (χ0n) is 12.2. The standard InChI is InChI=1S/C18H23NS/c1-2-3-4-5-15-6-8-16(9-7-15)17-10-12-18(13-11-17)19-14-20/h4-5,10-13,15-16H,2-3,6-9H2,1H3. The zero-order valence-corrected chi connectivity index (χ0v) is 13.0. The number of hydrogen-bond donors (Lipinski definition) is 0. The molecule has 0 bridgehead atoms. The van der Waals surface area contributed by atoms with Crippen LogP contribution in [0.5, 0.6) is 0 Å². The number of thiocarbonyl (C=S) groups is 1. The van der Waals surface area contributed by atoms with Gasteiger partial charge in [-0.25, -0.2) is 0 Å². The fraction of sp³-hybridized carbons (Fsp3) is 0.500. The molecular formula is C18H23NS. The van der Waals surface area contributed by atoms with Crippen molar-refractivity contribution in [3.05, 3.63) is 42.0 Å². The average molecular weight is 285 g/mol. The lowest BCUT2D eigenvalue weighted by molar-refractivity contribution is 0.375. The fourth-order valence-corrected chi connectivity index (χ4v) is 3.08. The molecule has 1 aliphatic carbocycles. The van der Waals surface area contributed by atoms with Gasteiger partial charge >= 0.3 is 0 Å². The van der Waals surface area contributed by atoms with E-state index in [9.17, 15) is 0 Å². The van der Waals surface area contributed by atoms with Crippen LogP contribution in [0.2, 0.25) is 0 Å². The molecule has 20 heavy (non-hydrogen) atoms. The molecule has 1 fully saturated rings. The van der Waals surface area contributed by atoms with Crippen LogP contribution in [0, 0.1) is 5.92 Å². The first kappa shape index (κ1) is 15.2. The maximum Gasteiger partial charge on any atom is 0.0739 e. The summed E-state index contributed by atoms with van der Waals surface area (Å²) in [5.74, 6) is 1.52. The van der Waals surface area contributed by atoms with Gasteiger partial charge in [0.2, 0.25) is 0 Å². The van der Waals surface area contributed by atoms with Crippen molar-refractivity contribution < 1.29 is 0 Å².